The van der Waals surface area contributed by atoms with Gasteiger partial charge in [0.05, 0.1) is 0 Å². The number of hydrogen-bond acceptors (Lipinski definition) is 4. The standard InChI is InChI=1S/C25H43NO2.C21H28O2.C8H10/c1-6-10-14-22(8-3)18-26(19-23(9-4)15-11-7-2)25(27)20-28-24-16-12-13-21(5)17-24;1-6-21(4,5)18-10-11-20(17(3)15-18)23-13-12-22-19-9-7-8-16(2)14-19;1-7-3-5-8(2)6-4-7/h12-13,16-17,22-23H,6-11,14-15,18-20H2,1-5H3;7-11,14-15H,6,12-13H2,1-5H3;3-6H,1-2H3. The Morgan fingerprint density at radius 1 is 0.593 bits per heavy atom. The first-order valence-electron chi connectivity index (χ1n) is 22.7. The summed E-state index contributed by atoms with van der Waals surface area (Å²) in [5.41, 5.74) is 7.76. The summed E-state index contributed by atoms with van der Waals surface area (Å²) in [4.78, 5) is 15.2. The van der Waals surface area contributed by atoms with E-state index in [9.17, 15) is 4.79 Å². The van der Waals surface area contributed by atoms with Crippen LogP contribution in [0.25, 0.3) is 0 Å². The lowest BCUT2D eigenvalue weighted by Crippen LogP contribution is -2.41. The molecule has 1 amide bonds. The maximum absolute atomic E-state index is 13.1. The Morgan fingerprint density at radius 3 is 1.53 bits per heavy atom. The maximum Gasteiger partial charge on any atom is 0.260 e. The van der Waals surface area contributed by atoms with Crippen LogP contribution in [0.2, 0.25) is 0 Å². The Labute approximate surface area is 361 Å². The van der Waals surface area contributed by atoms with Crippen LogP contribution >= 0.6 is 0 Å². The van der Waals surface area contributed by atoms with E-state index in [1.165, 1.54) is 66.3 Å². The zero-order valence-corrected chi connectivity index (χ0v) is 39.3. The van der Waals surface area contributed by atoms with E-state index >= 15 is 0 Å². The van der Waals surface area contributed by atoms with Crippen molar-refractivity contribution in [3.8, 4) is 17.2 Å². The summed E-state index contributed by atoms with van der Waals surface area (Å²) < 4.78 is 17.4. The largest absolute Gasteiger partial charge is 0.490 e. The Kier molecular flexibility index (Phi) is 24.4. The molecule has 0 radical (unpaired) electrons. The minimum absolute atomic E-state index is 0.131. The molecule has 59 heavy (non-hydrogen) atoms. The van der Waals surface area contributed by atoms with Crippen molar-refractivity contribution >= 4 is 5.91 Å². The lowest BCUT2D eigenvalue weighted by Gasteiger charge is -2.30. The predicted octanol–water partition coefficient (Wildman–Crippen LogP) is 14.4. The third-order valence-corrected chi connectivity index (χ3v) is 11.4. The first kappa shape index (κ1) is 50.9. The quantitative estimate of drug-likeness (QED) is 0.0742. The molecule has 0 aliphatic rings. The number of unbranched alkanes of at least 4 members (excludes halogenated alkanes) is 2. The van der Waals surface area contributed by atoms with E-state index in [1.54, 1.807) is 0 Å². The van der Waals surface area contributed by atoms with E-state index in [4.69, 9.17) is 14.2 Å². The van der Waals surface area contributed by atoms with Crippen LogP contribution in [-0.2, 0) is 10.2 Å². The monoisotopic (exact) mass is 808 g/mol. The second kappa shape index (κ2) is 28.3. The van der Waals surface area contributed by atoms with Crippen molar-refractivity contribution in [2.24, 2.45) is 11.8 Å². The van der Waals surface area contributed by atoms with E-state index in [2.05, 4.69) is 130 Å². The number of carbonyl (C=O) groups is 1. The van der Waals surface area contributed by atoms with E-state index in [0.717, 1.165) is 55.2 Å². The topological polar surface area (TPSA) is 48.0 Å². The molecule has 2 unspecified atom stereocenters. The molecule has 0 saturated carbocycles. The molecule has 0 aliphatic carbocycles. The summed E-state index contributed by atoms with van der Waals surface area (Å²) in [6.45, 7) is 29.1. The molecule has 4 rings (SSSR count). The smallest absolute Gasteiger partial charge is 0.260 e. The SMILES string of the molecule is CCC(C)(C)c1ccc(OCCOc2cccc(C)c2)c(C)c1.CCCCC(CC)CN(CC(CC)CCCC)C(=O)COc1cccc(C)c1.Cc1ccc(C)cc1. The second-order valence-electron chi connectivity index (χ2n) is 17.1. The van der Waals surface area contributed by atoms with Gasteiger partial charge in [-0.25, -0.2) is 0 Å². The molecule has 0 aliphatic heterocycles. The first-order valence-corrected chi connectivity index (χ1v) is 22.7. The molecular weight excluding hydrogens is 727 g/mol. The molecule has 5 heteroatoms. The van der Waals surface area contributed by atoms with Gasteiger partial charge in [0.15, 0.2) is 6.61 Å². The highest BCUT2D eigenvalue weighted by Gasteiger charge is 2.22. The summed E-state index contributed by atoms with van der Waals surface area (Å²) in [5.74, 6) is 3.92. The number of carbonyl (C=O) groups excluding carboxylic acids is 1. The maximum atomic E-state index is 13.1. The summed E-state index contributed by atoms with van der Waals surface area (Å²) in [6.07, 6.45) is 10.7. The van der Waals surface area contributed by atoms with Gasteiger partial charge in [-0.1, -0.05) is 159 Å². The average molecular weight is 808 g/mol. The van der Waals surface area contributed by atoms with Gasteiger partial charge in [-0.05, 0) is 124 Å². The van der Waals surface area contributed by atoms with E-state index < -0.39 is 0 Å². The highest BCUT2D eigenvalue weighted by Crippen LogP contribution is 2.30. The van der Waals surface area contributed by atoms with Crippen LogP contribution in [-0.4, -0.2) is 43.7 Å². The lowest BCUT2D eigenvalue weighted by molar-refractivity contribution is -0.134. The number of nitrogens with zero attached hydrogens (tertiary/aromatic N) is 1. The van der Waals surface area contributed by atoms with Crippen molar-refractivity contribution in [3.05, 3.63) is 124 Å². The zero-order valence-electron chi connectivity index (χ0n) is 39.3. The second-order valence-corrected chi connectivity index (χ2v) is 17.1. The highest BCUT2D eigenvalue weighted by molar-refractivity contribution is 5.77. The highest BCUT2D eigenvalue weighted by atomic mass is 16.5. The van der Waals surface area contributed by atoms with Crippen LogP contribution in [0.3, 0.4) is 0 Å². The molecule has 326 valence electrons. The molecular formula is C54H81NO4. The summed E-state index contributed by atoms with van der Waals surface area (Å²) in [7, 11) is 0. The van der Waals surface area contributed by atoms with E-state index in [-0.39, 0.29) is 17.9 Å². The van der Waals surface area contributed by atoms with Crippen molar-refractivity contribution < 1.29 is 19.0 Å². The Hall–Kier alpha value is -4.25. The van der Waals surface area contributed by atoms with Gasteiger partial charge in [-0.3, -0.25) is 4.79 Å². The zero-order chi connectivity index (χ0) is 43.6. The molecule has 0 fully saturated rings. The number of benzene rings is 4. The van der Waals surface area contributed by atoms with Gasteiger partial charge < -0.3 is 19.1 Å². The normalized spacial score (nSPS) is 11.9. The Morgan fingerprint density at radius 2 is 1.08 bits per heavy atom. The Balaban J connectivity index is 0.000000345. The van der Waals surface area contributed by atoms with Gasteiger partial charge in [0.1, 0.15) is 30.5 Å². The molecule has 0 N–H and O–H groups in total. The molecule has 0 bridgehead atoms. The average Bonchev–Trinajstić information content (AvgIpc) is 3.23. The third kappa shape index (κ3) is 20.5. The van der Waals surface area contributed by atoms with Crippen molar-refractivity contribution in [3.63, 3.8) is 0 Å². The molecule has 0 saturated heterocycles. The van der Waals surface area contributed by atoms with E-state index in [0.29, 0.717) is 25.0 Å². The molecule has 0 spiro atoms. The van der Waals surface area contributed by atoms with E-state index in [1.807, 2.05) is 49.4 Å². The number of ether oxygens (including phenoxy) is 3. The first-order chi connectivity index (χ1) is 28.2. The fourth-order valence-electron chi connectivity index (χ4n) is 6.77. The lowest BCUT2D eigenvalue weighted by atomic mass is 9.81. The van der Waals surface area contributed by atoms with Crippen LogP contribution in [0.5, 0.6) is 17.2 Å². The fourth-order valence-corrected chi connectivity index (χ4v) is 6.77. The number of amides is 1. The molecule has 4 aromatic rings. The minimum atomic E-state index is 0.131. The van der Waals surface area contributed by atoms with Gasteiger partial charge in [0.2, 0.25) is 0 Å². The molecule has 4 aromatic carbocycles. The van der Waals surface area contributed by atoms with Gasteiger partial charge in [-0.15, -0.1) is 0 Å². The van der Waals surface area contributed by atoms with Crippen LogP contribution in [0.15, 0.2) is 91.0 Å². The van der Waals surface area contributed by atoms with Gasteiger partial charge >= 0.3 is 0 Å². The van der Waals surface area contributed by atoms with Gasteiger partial charge in [-0.2, -0.15) is 0 Å². The molecule has 0 heterocycles. The predicted molar refractivity (Wildman–Crippen MR) is 252 cm³/mol. The number of rotatable bonds is 22. The van der Waals surface area contributed by atoms with Crippen LogP contribution < -0.4 is 14.2 Å². The van der Waals surface area contributed by atoms with Crippen molar-refractivity contribution in [1.29, 1.82) is 0 Å². The van der Waals surface area contributed by atoms with Gasteiger partial charge in [0, 0.05) is 13.1 Å². The number of hydrogen-bond donors (Lipinski definition) is 0. The van der Waals surface area contributed by atoms with Crippen LogP contribution in [0.4, 0.5) is 0 Å². The summed E-state index contributed by atoms with van der Waals surface area (Å²) in [5, 5.41) is 0. The van der Waals surface area contributed by atoms with Crippen molar-refractivity contribution in [2.45, 2.75) is 146 Å². The van der Waals surface area contributed by atoms with Crippen molar-refractivity contribution in [2.75, 3.05) is 32.9 Å². The van der Waals surface area contributed by atoms with Crippen LogP contribution in [0.1, 0.15) is 140 Å². The van der Waals surface area contributed by atoms with Crippen LogP contribution in [0, 0.1) is 46.5 Å². The fraction of sp³-hybridized carbons (Fsp3) is 0.537. The molecule has 2 atom stereocenters. The van der Waals surface area contributed by atoms with Gasteiger partial charge in [0.25, 0.3) is 5.91 Å². The summed E-state index contributed by atoms with van der Waals surface area (Å²) >= 11 is 0. The van der Waals surface area contributed by atoms with Crippen molar-refractivity contribution in [1.82, 2.24) is 4.90 Å². The molecule has 0 aromatic heterocycles. The third-order valence-electron chi connectivity index (χ3n) is 11.4. The minimum Gasteiger partial charge on any atom is -0.490 e. The number of aryl methyl sites for hydroxylation is 5. The molecule has 5 nitrogen and oxygen atoms in total. The summed E-state index contributed by atoms with van der Waals surface area (Å²) in [6, 6.07) is 31.0. The Bertz CT molecular complexity index is 1690.